The molecule has 0 radical (unpaired) electrons. The number of phenolic OH excluding ortho intramolecular Hbond substituents is 1. The Balaban J connectivity index is 2.05. The Kier molecular flexibility index (Phi) is 4.47. The van der Waals surface area contributed by atoms with Crippen molar-refractivity contribution >= 4 is 11.9 Å². The van der Waals surface area contributed by atoms with Crippen LogP contribution in [0.3, 0.4) is 0 Å². The predicted molar refractivity (Wildman–Crippen MR) is 76.7 cm³/mol. The Morgan fingerprint density at radius 2 is 2.00 bits per heavy atom. The first kappa shape index (κ1) is 15.3. The van der Waals surface area contributed by atoms with Crippen LogP contribution in [-0.4, -0.2) is 45.6 Å². The summed E-state index contributed by atoms with van der Waals surface area (Å²) in [6, 6.07) is 4.90. The van der Waals surface area contributed by atoms with E-state index in [1.807, 2.05) is 6.92 Å². The fraction of sp³-hybridized carbons (Fsp3) is 0.467. The molecular weight excluding hydrogens is 272 g/mol. The standard InChI is InChI=1S/C15H20N2O4/c1-9-6-7-17(13(9)15(20)21)14(19)12(16)8-10-2-4-11(18)5-3-10/h2-5,9,12-13,18H,6-8,16H2,1H3,(H,20,21). The molecular formula is C15H20N2O4. The van der Waals surface area contributed by atoms with E-state index in [2.05, 4.69) is 0 Å². The normalized spacial score (nSPS) is 23.0. The van der Waals surface area contributed by atoms with Crippen LogP contribution in [0.4, 0.5) is 0 Å². The number of carboxylic acids is 1. The summed E-state index contributed by atoms with van der Waals surface area (Å²) in [6.07, 6.45) is 0.991. The number of aliphatic carboxylic acids is 1. The molecule has 1 saturated heterocycles. The summed E-state index contributed by atoms with van der Waals surface area (Å²) in [5, 5.41) is 18.5. The summed E-state index contributed by atoms with van der Waals surface area (Å²) in [5.74, 6) is -1.23. The van der Waals surface area contributed by atoms with Gasteiger partial charge in [-0.25, -0.2) is 4.79 Å². The molecule has 3 unspecified atom stereocenters. The molecule has 1 fully saturated rings. The molecule has 1 amide bonds. The summed E-state index contributed by atoms with van der Waals surface area (Å²) in [4.78, 5) is 25.0. The van der Waals surface area contributed by atoms with Crippen molar-refractivity contribution in [3.63, 3.8) is 0 Å². The minimum atomic E-state index is -0.981. The smallest absolute Gasteiger partial charge is 0.326 e. The fourth-order valence-corrected chi connectivity index (χ4v) is 2.76. The van der Waals surface area contributed by atoms with Gasteiger partial charge in [-0.3, -0.25) is 4.79 Å². The second-order valence-electron chi connectivity index (χ2n) is 5.56. The average molecular weight is 292 g/mol. The van der Waals surface area contributed by atoms with E-state index in [9.17, 15) is 19.8 Å². The summed E-state index contributed by atoms with van der Waals surface area (Å²) in [6.45, 7) is 2.26. The second-order valence-corrected chi connectivity index (χ2v) is 5.56. The van der Waals surface area contributed by atoms with Gasteiger partial charge in [-0.2, -0.15) is 0 Å². The third kappa shape index (κ3) is 3.33. The van der Waals surface area contributed by atoms with Crippen molar-refractivity contribution in [3.05, 3.63) is 29.8 Å². The van der Waals surface area contributed by atoms with Crippen LogP contribution in [-0.2, 0) is 16.0 Å². The first-order valence-electron chi connectivity index (χ1n) is 6.97. The first-order chi connectivity index (χ1) is 9.90. The Hall–Kier alpha value is -2.08. The molecule has 0 aliphatic carbocycles. The van der Waals surface area contributed by atoms with Crippen molar-refractivity contribution in [2.45, 2.75) is 31.8 Å². The van der Waals surface area contributed by atoms with Crippen molar-refractivity contribution in [1.82, 2.24) is 4.90 Å². The van der Waals surface area contributed by atoms with Gasteiger partial charge in [-0.1, -0.05) is 19.1 Å². The van der Waals surface area contributed by atoms with E-state index in [-0.39, 0.29) is 17.6 Å². The molecule has 114 valence electrons. The Morgan fingerprint density at radius 1 is 1.38 bits per heavy atom. The third-order valence-corrected chi connectivity index (χ3v) is 3.95. The maximum atomic E-state index is 12.4. The van der Waals surface area contributed by atoms with Crippen LogP contribution >= 0.6 is 0 Å². The van der Waals surface area contributed by atoms with E-state index in [1.165, 1.54) is 17.0 Å². The molecule has 0 aromatic heterocycles. The number of benzene rings is 1. The minimum Gasteiger partial charge on any atom is -0.508 e. The summed E-state index contributed by atoms with van der Waals surface area (Å²) >= 11 is 0. The van der Waals surface area contributed by atoms with Gasteiger partial charge in [0.25, 0.3) is 0 Å². The van der Waals surface area contributed by atoms with E-state index in [1.54, 1.807) is 12.1 Å². The van der Waals surface area contributed by atoms with E-state index in [4.69, 9.17) is 5.73 Å². The Bertz CT molecular complexity index is 529. The zero-order chi connectivity index (χ0) is 15.6. The maximum absolute atomic E-state index is 12.4. The lowest BCUT2D eigenvalue weighted by Gasteiger charge is -2.26. The summed E-state index contributed by atoms with van der Waals surface area (Å²) < 4.78 is 0. The zero-order valence-electron chi connectivity index (χ0n) is 11.9. The zero-order valence-corrected chi connectivity index (χ0v) is 11.9. The van der Waals surface area contributed by atoms with Gasteiger partial charge in [0.2, 0.25) is 5.91 Å². The van der Waals surface area contributed by atoms with Crippen molar-refractivity contribution < 1.29 is 19.8 Å². The molecule has 2 rings (SSSR count). The van der Waals surface area contributed by atoms with Crippen LogP contribution in [0.25, 0.3) is 0 Å². The van der Waals surface area contributed by atoms with Gasteiger partial charge >= 0.3 is 5.97 Å². The van der Waals surface area contributed by atoms with E-state index >= 15 is 0 Å². The quantitative estimate of drug-likeness (QED) is 0.753. The van der Waals surface area contributed by atoms with Crippen LogP contribution in [0.2, 0.25) is 0 Å². The maximum Gasteiger partial charge on any atom is 0.326 e. The number of amides is 1. The topological polar surface area (TPSA) is 104 Å². The van der Waals surface area contributed by atoms with Crippen molar-refractivity contribution in [2.75, 3.05) is 6.54 Å². The summed E-state index contributed by atoms with van der Waals surface area (Å²) in [7, 11) is 0. The largest absolute Gasteiger partial charge is 0.508 e. The van der Waals surface area contributed by atoms with Gasteiger partial charge in [-0.05, 0) is 36.5 Å². The van der Waals surface area contributed by atoms with E-state index < -0.39 is 18.1 Å². The van der Waals surface area contributed by atoms with Crippen LogP contribution in [0.5, 0.6) is 5.75 Å². The molecule has 6 heteroatoms. The van der Waals surface area contributed by atoms with Crippen molar-refractivity contribution in [3.8, 4) is 5.75 Å². The first-order valence-corrected chi connectivity index (χ1v) is 6.97. The highest BCUT2D eigenvalue weighted by molar-refractivity contribution is 5.87. The Morgan fingerprint density at radius 3 is 2.57 bits per heavy atom. The second kappa shape index (κ2) is 6.13. The lowest BCUT2D eigenvalue weighted by atomic mass is 10.0. The molecule has 21 heavy (non-hydrogen) atoms. The predicted octanol–water partition coefficient (Wildman–Crippen LogP) is 0.584. The van der Waals surface area contributed by atoms with Gasteiger partial charge < -0.3 is 20.8 Å². The highest BCUT2D eigenvalue weighted by Gasteiger charge is 2.40. The number of phenols is 1. The number of nitrogens with zero attached hydrogens (tertiary/aromatic N) is 1. The lowest BCUT2D eigenvalue weighted by molar-refractivity contribution is -0.149. The van der Waals surface area contributed by atoms with Gasteiger partial charge in [0, 0.05) is 6.54 Å². The number of carbonyl (C=O) groups excluding carboxylic acids is 1. The number of likely N-dealkylation sites (tertiary alicyclic amines) is 1. The molecule has 1 aliphatic heterocycles. The van der Waals surface area contributed by atoms with Gasteiger partial charge in [-0.15, -0.1) is 0 Å². The lowest BCUT2D eigenvalue weighted by Crippen LogP contribution is -2.50. The highest BCUT2D eigenvalue weighted by Crippen LogP contribution is 2.25. The van der Waals surface area contributed by atoms with Crippen LogP contribution in [0, 0.1) is 5.92 Å². The molecule has 0 bridgehead atoms. The number of carbonyl (C=O) groups is 2. The Labute approximate surface area is 123 Å². The van der Waals surface area contributed by atoms with Crippen molar-refractivity contribution in [2.24, 2.45) is 11.7 Å². The molecule has 3 atom stereocenters. The molecule has 0 saturated carbocycles. The number of aromatic hydroxyl groups is 1. The van der Waals surface area contributed by atoms with Crippen molar-refractivity contribution in [1.29, 1.82) is 0 Å². The van der Waals surface area contributed by atoms with E-state index in [0.29, 0.717) is 19.4 Å². The van der Waals surface area contributed by atoms with Crippen LogP contribution < -0.4 is 5.73 Å². The fourth-order valence-electron chi connectivity index (χ4n) is 2.76. The molecule has 6 nitrogen and oxygen atoms in total. The van der Waals surface area contributed by atoms with Crippen LogP contribution in [0.15, 0.2) is 24.3 Å². The SMILES string of the molecule is CC1CCN(C(=O)C(N)Cc2ccc(O)cc2)C1C(=O)O. The molecule has 1 aliphatic rings. The molecule has 1 aromatic rings. The van der Waals surface area contributed by atoms with E-state index in [0.717, 1.165) is 5.56 Å². The molecule has 0 spiro atoms. The number of rotatable bonds is 4. The van der Waals surface area contributed by atoms with Gasteiger partial charge in [0.15, 0.2) is 0 Å². The minimum absolute atomic E-state index is 0.0627. The summed E-state index contributed by atoms with van der Waals surface area (Å²) in [5.41, 5.74) is 6.75. The monoisotopic (exact) mass is 292 g/mol. The highest BCUT2D eigenvalue weighted by atomic mass is 16.4. The van der Waals surface area contributed by atoms with Gasteiger partial charge in [0.05, 0.1) is 6.04 Å². The molecule has 1 aromatic carbocycles. The van der Waals surface area contributed by atoms with Gasteiger partial charge in [0.1, 0.15) is 11.8 Å². The number of carboxylic acid groups (broad SMARTS) is 1. The third-order valence-electron chi connectivity index (χ3n) is 3.95. The van der Waals surface area contributed by atoms with Crippen LogP contribution in [0.1, 0.15) is 18.9 Å². The number of hydrogen-bond donors (Lipinski definition) is 3. The molecule has 4 N–H and O–H groups in total. The number of nitrogens with two attached hydrogens (primary N) is 1. The average Bonchev–Trinajstić information content (AvgIpc) is 2.82. The number of hydrogen-bond acceptors (Lipinski definition) is 4. The molecule has 1 heterocycles.